The highest BCUT2D eigenvalue weighted by Crippen LogP contribution is 2.18. The van der Waals surface area contributed by atoms with Gasteiger partial charge in [0.05, 0.1) is 0 Å². The molecule has 1 aromatic rings. The molecule has 0 radical (unpaired) electrons. The number of hydrogen-bond acceptors (Lipinski definition) is 4. The predicted molar refractivity (Wildman–Crippen MR) is 61.6 cm³/mol. The molecule has 0 aliphatic heterocycles. The lowest BCUT2D eigenvalue weighted by atomic mass is 10.2. The smallest absolute Gasteiger partial charge is 0.333 e. The molecule has 1 rings (SSSR count). The van der Waals surface area contributed by atoms with Crippen molar-refractivity contribution in [2.75, 3.05) is 5.33 Å². The van der Waals surface area contributed by atoms with E-state index in [1.165, 1.54) is 12.1 Å². The summed E-state index contributed by atoms with van der Waals surface area (Å²) in [5.41, 5.74) is 0. The fraction of sp³-hybridized carbons (Fsp3) is 0.500. The summed E-state index contributed by atoms with van der Waals surface area (Å²) in [5.74, 6) is -1.08. The van der Waals surface area contributed by atoms with Gasteiger partial charge in [0.25, 0.3) is 0 Å². The predicted octanol–water partition coefficient (Wildman–Crippen LogP) is 1.81. The summed E-state index contributed by atoms with van der Waals surface area (Å²) in [4.78, 5) is 16.1. The highest BCUT2D eigenvalue weighted by atomic mass is 79.9. The maximum atomic E-state index is 11.3. The van der Waals surface area contributed by atoms with Gasteiger partial charge in [0.15, 0.2) is 0 Å². The molecular formula is C10H14BrNO4. The largest absolute Gasteiger partial charge is 0.492 e. The minimum Gasteiger partial charge on any atom is -0.492 e. The summed E-state index contributed by atoms with van der Waals surface area (Å²) in [5, 5.41) is 19.3. The summed E-state index contributed by atoms with van der Waals surface area (Å²) >= 11 is 3.30. The maximum absolute atomic E-state index is 11.3. The van der Waals surface area contributed by atoms with Crippen LogP contribution in [0.1, 0.15) is 25.7 Å². The topological polar surface area (TPSA) is 71.7 Å². The van der Waals surface area contributed by atoms with Gasteiger partial charge in [-0.2, -0.15) is 0 Å². The van der Waals surface area contributed by atoms with E-state index in [-0.39, 0.29) is 18.2 Å². The molecule has 2 N–H and O–H groups in total. The highest BCUT2D eigenvalue weighted by Gasteiger charge is 2.11. The van der Waals surface area contributed by atoms with Crippen LogP contribution < -0.4 is 4.84 Å². The molecule has 0 aliphatic carbocycles. The van der Waals surface area contributed by atoms with Crippen molar-refractivity contribution in [3.8, 4) is 11.8 Å². The van der Waals surface area contributed by atoms with Crippen LogP contribution in [0.2, 0.25) is 0 Å². The van der Waals surface area contributed by atoms with Crippen LogP contribution in [0.15, 0.2) is 12.1 Å². The third kappa shape index (κ3) is 3.77. The Balaban J connectivity index is 2.34. The molecule has 0 spiro atoms. The zero-order valence-corrected chi connectivity index (χ0v) is 10.3. The van der Waals surface area contributed by atoms with Gasteiger partial charge in [-0.15, -0.1) is 4.73 Å². The fourth-order valence-corrected chi connectivity index (χ4v) is 1.58. The zero-order valence-electron chi connectivity index (χ0n) is 8.73. The third-order valence-corrected chi connectivity index (χ3v) is 2.57. The van der Waals surface area contributed by atoms with E-state index in [2.05, 4.69) is 15.9 Å². The summed E-state index contributed by atoms with van der Waals surface area (Å²) < 4.78 is 0.701. The van der Waals surface area contributed by atoms with E-state index < -0.39 is 5.97 Å². The Kier molecular flexibility index (Phi) is 5.18. The van der Waals surface area contributed by atoms with Crippen molar-refractivity contribution in [1.29, 1.82) is 0 Å². The minimum atomic E-state index is -0.476. The molecule has 16 heavy (non-hydrogen) atoms. The first-order valence-electron chi connectivity index (χ1n) is 5.02. The molecule has 0 unspecified atom stereocenters. The molecular weight excluding hydrogens is 278 g/mol. The number of hydrogen-bond donors (Lipinski definition) is 2. The molecule has 0 saturated carbocycles. The molecule has 0 amide bonds. The number of carbonyl (C=O) groups is 1. The van der Waals surface area contributed by atoms with Crippen LogP contribution in [-0.2, 0) is 4.79 Å². The Hall–Kier alpha value is -1.17. The van der Waals surface area contributed by atoms with Gasteiger partial charge in [-0.1, -0.05) is 22.4 Å². The average Bonchev–Trinajstić information content (AvgIpc) is 2.56. The average molecular weight is 292 g/mol. The lowest BCUT2D eigenvalue weighted by Crippen LogP contribution is -2.18. The van der Waals surface area contributed by atoms with Gasteiger partial charge in [-0.25, -0.2) is 4.79 Å². The minimum absolute atomic E-state index is 0.268. The van der Waals surface area contributed by atoms with Crippen molar-refractivity contribution in [2.24, 2.45) is 0 Å². The summed E-state index contributed by atoms with van der Waals surface area (Å²) in [6, 6.07) is 2.49. The molecule has 6 heteroatoms. The number of unbranched alkanes of at least 4 members (excludes halogenated alkanes) is 2. The van der Waals surface area contributed by atoms with Crippen molar-refractivity contribution < 1.29 is 19.8 Å². The Morgan fingerprint density at radius 3 is 2.44 bits per heavy atom. The molecule has 90 valence electrons. The highest BCUT2D eigenvalue weighted by molar-refractivity contribution is 9.09. The molecule has 0 fully saturated rings. The van der Waals surface area contributed by atoms with Gasteiger partial charge in [0, 0.05) is 23.9 Å². The first kappa shape index (κ1) is 12.9. The Morgan fingerprint density at radius 2 is 1.88 bits per heavy atom. The maximum Gasteiger partial charge on any atom is 0.333 e. The standard InChI is InChI=1S/C10H14BrNO4/c11-7-3-1-2-4-10(15)16-12-8(13)5-6-9(12)14/h5-6,13-14H,1-4,7H2. The summed E-state index contributed by atoms with van der Waals surface area (Å²) in [6.07, 6.45) is 2.94. The second-order valence-electron chi connectivity index (χ2n) is 3.31. The Morgan fingerprint density at radius 1 is 1.25 bits per heavy atom. The molecule has 0 saturated heterocycles. The number of nitrogens with zero attached hydrogens (tertiary/aromatic N) is 1. The van der Waals surface area contributed by atoms with Gasteiger partial charge in [0.1, 0.15) is 0 Å². The molecule has 0 atom stereocenters. The van der Waals surface area contributed by atoms with E-state index in [1.807, 2.05) is 0 Å². The number of carbonyl (C=O) groups excluding carboxylic acids is 1. The van der Waals surface area contributed by atoms with Crippen LogP contribution in [0.3, 0.4) is 0 Å². The molecule has 0 aliphatic rings. The summed E-state index contributed by atoms with van der Waals surface area (Å²) in [6.45, 7) is 0. The normalized spacial score (nSPS) is 10.3. The first-order valence-corrected chi connectivity index (χ1v) is 6.14. The fourth-order valence-electron chi connectivity index (χ4n) is 1.18. The summed E-state index contributed by atoms with van der Waals surface area (Å²) in [7, 11) is 0. The Bertz CT molecular complexity index is 331. The van der Waals surface area contributed by atoms with E-state index in [9.17, 15) is 15.0 Å². The van der Waals surface area contributed by atoms with Gasteiger partial charge >= 0.3 is 5.97 Å². The quantitative estimate of drug-likeness (QED) is 0.619. The third-order valence-electron chi connectivity index (χ3n) is 2.01. The van der Waals surface area contributed by atoms with Gasteiger partial charge in [-0.05, 0) is 12.8 Å². The molecule has 0 bridgehead atoms. The van der Waals surface area contributed by atoms with Gasteiger partial charge < -0.3 is 15.1 Å². The molecule has 1 aromatic heterocycles. The van der Waals surface area contributed by atoms with E-state index in [0.717, 1.165) is 24.6 Å². The lowest BCUT2D eigenvalue weighted by molar-refractivity contribution is -0.145. The number of aromatic nitrogens is 1. The number of rotatable bonds is 6. The van der Waals surface area contributed by atoms with Crippen molar-refractivity contribution in [1.82, 2.24) is 4.73 Å². The number of alkyl halides is 1. The van der Waals surface area contributed by atoms with Crippen molar-refractivity contribution in [3.05, 3.63) is 12.1 Å². The van der Waals surface area contributed by atoms with Crippen LogP contribution in [-0.4, -0.2) is 26.2 Å². The van der Waals surface area contributed by atoms with Gasteiger partial charge in [0.2, 0.25) is 11.8 Å². The lowest BCUT2D eigenvalue weighted by Gasteiger charge is -2.06. The van der Waals surface area contributed by atoms with Crippen LogP contribution in [0.4, 0.5) is 0 Å². The van der Waals surface area contributed by atoms with E-state index in [1.54, 1.807) is 0 Å². The second-order valence-corrected chi connectivity index (χ2v) is 4.10. The second kappa shape index (κ2) is 6.42. The van der Waals surface area contributed by atoms with Crippen molar-refractivity contribution in [3.63, 3.8) is 0 Å². The first-order chi connectivity index (χ1) is 7.65. The van der Waals surface area contributed by atoms with Crippen LogP contribution in [0.25, 0.3) is 0 Å². The van der Waals surface area contributed by atoms with Crippen molar-refractivity contribution >= 4 is 21.9 Å². The van der Waals surface area contributed by atoms with Crippen LogP contribution in [0.5, 0.6) is 11.8 Å². The monoisotopic (exact) mass is 291 g/mol. The van der Waals surface area contributed by atoms with Crippen LogP contribution in [0, 0.1) is 0 Å². The molecule has 1 heterocycles. The van der Waals surface area contributed by atoms with E-state index in [4.69, 9.17) is 4.84 Å². The molecule has 5 nitrogen and oxygen atoms in total. The molecule has 0 aromatic carbocycles. The number of halogens is 1. The Labute approximate surface area is 102 Å². The SMILES string of the molecule is O=C(CCCCCBr)On1c(O)ccc1O. The van der Waals surface area contributed by atoms with Gasteiger partial charge in [-0.3, -0.25) is 0 Å². The zero-order chi connectivity index (χ0) is 12.0. The van der Waals surface area contributed by atoms with Crippen molar-refractivity contribution in [2.45, 2.75) is 25.7 Å². The van der Waals surface area contributed by atoms with E-state index >= 15 is 0 Å². The van der Waals surface area contributed by atoms with Crippen LogP contribution >= 0.6 is 15.9 Å². The number of aromatic hydroxyl groups is 2. The van der Waals surface area contributed by atoms with E-state index in [0.29, 0.717) is 4.73 Å².